The number of hydrogen-bond acceptors (Lipinski definition) is 7. The minimum Gasteiger partial charge on any atom is -0.496 e. The molecule has 3 heterocycles. The van der Waals surface area contributed by atoms with Crippen LogP contribution in [0.5, 0.6) is 11.5 Å². The maximum atomic E-state index is 13.0. The molecule has 0 saturated carbocycles. The van der Waals surface area contributed by atoms with Gasteiger partial charge in [0.05, 0.1) is 31.5 Å². The third kappa shape index (κ3) is 5.38. The van der Waals surface area contributed by atoms with Gasteiger partial charge in [-0.05, 0) is 62.7 Å². The fourth-order valence-electron chi connectivity index (χ4n) is 4.69. The molecule has 1 fully saturated rings. The summed E-state index contributed by atoms with van der Waals surface area (Å²) in [6.45, 7) is 7.29. The average Bonchev–Trinajstić information content (AvgIpc) is 3.40. The highest BCUT2D eigenvalue weighted by Gasteiger charge is 2.25. The standard InChI is InChI=1S/C32H33N3O5/c1-32(2,3)35(4)31(36)21-6-8-25(28(17-21)37-5)29-18-26-30(40-29)24(10-13-34-26)20-7-9-27(22(16-20)19-33)39-23-11-14-38-15-12-23/h6-10,13,16-18,23H,11-12,14-15H2,1-5H3. The molecule has 0 aliphatic carbocycles. The molecule has 2 aromatic heterocycles. The Labute approximate surface area is 234 Å². The third-order valence-electron chi connectivity index (χ3n) is 7.31. The molecule has 0 bridgehead atoms. The molecule has 4 aromatic rings. The van der Waals surface area contributed by atoms with Gasteiger partial charge in [-0.2, -0.15) is 5.26 Å². The Hall–Kier alpha value is -4.35. The van der Waals surface area contributed by atoms with Crippen LogP contribution in [0.4, 0.5) is 0 Å². The molecule has 0 spiro atoms. The number of pyridine rings is 1. The number of fused-ring (bicyclic) bond motifs is 1. The molecule has 0 atom stereocenters. The zero-order valence-corrected chi connectivity index (χ0v) is 23.5. The molecular formula is C32H33N3O5. The average molecular weight is 540 g/mol. The topological polar surface area (TPSA) is 97.8 Å². The number of nitrogens with zero attached hydrogens (tertiary/aromatic N) is 3. The summed E-state index contributed by atoms with van der Waals surface area (Å²) in [6.07, 6.45) is 3.37. The fourth-order valence-corrected chi connectivity index (χ4v) is 4.69. The molecular weight excluding hydrogens is 506 g/mol. The molecule has 1 amide bonds. The van der Waals surface area contributed by atoms with Crippen molar-refractivity contribution in [3.05, 3.63) is 65.9 Å². The van der Waals surface area contributed by atoms with Crippen molar-refractivity contribution < 1.29 is 23.4 Å². The van der Waals surface area contributed by atoms with E-state index < -0.39 is 0 Å². The zero-order chi connectivity index (χ0) is 28.4. The maximum Gasteiger partial charge on any atom is 0.254 e. The summed E-state index contributed by atoms with van der Waals surface area (Å²) < 4.78 is 23.5. The van der Waals surface area contributed by atoms with E-state index in [1.807, 2.05) is 57.2 Å². The van der Waals surface area contributed by atoms with Crippen molar-refractivity contribution in [2.45, 2.75) is 45.3 Å². The molecule has 1 aliphatic rings. The lowest BCUT2D eigenvalue weighted by molar-refractivity contribution is 0.0254. The van der Waals surface area contributed by atoms with Crippen LogP contribution in [-0.2, 0) is 4.74 Å². The van der Waals surface area contributed by atoms with E-state index in [9.17, 15) is 10.1 Å². The van der Waals surface area contributed by atoms with Crippen molar-refractivity contribution in [3.8, 4) is 40.0 Å². The molecule has 8 nitrogen and oxygen atoms in total. The van der Waals surface area contributed by atoms with Crippen molar-refractivity contribution in [1.82, 2.24) is 9.88 Å². The number of furan rings is 1. The Morgan fingerprint density at radius 3 is 2.52 bits per heavy atom. The SMILES string of the molecule is COc1cc(C(=O)N(C)C(C)(C)C)ccc1-c1cc2nccc(-c3ccc(OC4CCOCC4)c(C#N)c3)c2o1. The predicted molar refractivity (Wildman–Crippen MR) is 152 cm³/mol. The highest BCUT2D eigenvalue weighted by atomic mass is 16.5. The molecule has 2 aromatic carbocycles. The van der Waals surface area contributed by atoms with E-state index in [-0.39, 0.29) is 17.6 Å². The van der Waals surface area contributed by atoms with Crippen LogP contribution in [0.2, 0.25) is 0 Å². The van der Waals surface area contributed by atoms with Gasteiger partial charge in [0.15, 0.2) is 5.58 Å². The quantitative estimate of drug-likeness (QED) is 0.277. The Kier molecular flexibility index (Phi) is 7.51. The van der Waals surface area contributed by atoms with Gasteiger partial charge in [0, 0.05) is 48.8 Å². The van der Waals surface area contributed by atoms with Crippen LogP contribution < -0.4 is 9.47 Å². The summed E-state index contributed by atoms with van der Waals surface area (Å²) in [4.78, 5) is 19.2. The summed E-state index contributed by atoms with van der Waals surface area (Å²) in [7, 11) is 3.36. The van der Waals surface area contributed by atoms with Gasteiger partial charge in [-0.15, -0.1) is 0 Å². The van der Waals surface area contributed by atoms with Gasteiger partial charge in [-0.1, -0.05) is 6.07 Å². The number of aromatic nitrogens is 1. The molecule has 0 N–H and O–H groups in total. The second-order valence-electron chi connectivity index (χ2n) is 10.9. The van der Waals surface area contributed by atoms with Gasteiger partial charge in [0.25, 0.3) is 5.91 Å². The van der Waals surface area contributed by atoms with Crippen LogP contribution in [0.3, 0.4) is 0 Å². The second kappa shape index (κ2) is 11.0. The number of hydrogen-bond donors (Lipinski definition) is 0. The van der Waals surface area contributed by atoms with Crippen LogP contribution in [0.25, 0.3) is 33.6 Å². The monoisotopic (exact) mass is 539 g/mol. The summed E-state index contributed by atoms with van der Waals surface area (Å²) >= 11 is 0. The molecule has 40 heavy (non-hydrogen) atoms. The number of rotatable bonds is 6. The van der Waals surface area contributed by atoms with Crippen molar-refractivity contribution in [2.75, 3.05) is 27.4 Å². The lowest BCUT2D eigenvalue weighted by Gasteiger charge is -2.32. The number of amides is 1. The summed E-state index contributed by atoms with van der Waals surface area (Å²) in [5.74, 6) is 1.56. The van der Waals surface area contributed by atoms with Gasteiger partial charge in [0.2, 0.25) is 0 Å². The van der Waals surface area contributed by atoms with E-state index in [0.717, 1.165) is 24.0 Å². The van der Waals surface area contributed by atoms with E-state index in [4.69, 9.17) is 18.6 Å². The van der Waals surface area contributed by atoms with Crippen LogP contribution in [0.15, 0.2) is 59.1 Å². The Morgan fingerprint density at radius 2 is 1.82 bits per heavy atom. The molecule has 1 aliphatic heterocycles. The molecule has 0 radical (unpaired) electrons. The lowest BCUT2D eigenvalue weighted by Crippen LogP contribution is -2.42. The summed E-state index contributed by atoms with van der Waals surface area (Å²) in [6, 6.07) is 16.9. The van der Waals surface area contributed by atoms with E-state index in [0.29, 0.717) is 58.3 Å². The molecule has 5 rings (SSSR count). The zero-order valence-electron chi connectivity index (χ0n) is 23.5. The van der Waals surface area contributed by atoms with Crippen molar-refractivity contribution in [3.63, 3.8) is 0 Å². The Balaban J connectivity index is 1.49. The lowest BCUT2D eigenvalue weighted by atomic mass is 10.0. The molecule has 8 heteroatoms. The number of ether oxygens (including phenoxy) is 3. The Morgan fingerprint density at radius 1 is 1.05 bits per heavy atom. The van der Waals surface area contributed by atoms with Gasteiger partial charge in [-0.25, -0.2) is 0 Å². The second-order valence-corrected chi connectivity index (χ2v) is 10.9. The van der Waals surface area contributed by atoms with Crippen LogP contribution in [0.1, 0.15) is 49.5 Å². The number of methoxy groups -OCH3 is 1. The maximum absolute atomic E-state index is 13.0. The third-order valence-corrected chi connectivity index (χ3v) is 7.31. The highest BCUT2D eigenvalue weighted by Crippen LogP contribution is 2.38. The van der Waals surface area contributed by atoms with Crippen LogP contribution in [0, 0.1) is 11.3 Å². The first-order valence-electron chi connectivity index (χ1n) is 13.3. The van der Waals surface area contributed by atoms with E-state index >= 15 is 0 Å². The van der Waals surface area contributed by atoms with Crippen molar-refractivity contribution in [2.24, 2.45) is 0 Å². The largest absolute Gasteiger partial charge is 0.496 e. The molecule has 0 unspecified atom stereocenters. The first-order chi connectivity index (χ1) is 19.2. The predicted octanol–water partition coefficient (Wildman–Crippen LogP) is 6.47. The molecule has 206 valence electrons. The first-order valence-corrected chi connectivity index (χ1v) is 13.3. The van der Waals surface area contributed by atoms with Gasteiger partial charge < -0.3 is 23.5 Å². The van der Waals surface area contributed by atoms with E-state index in [1.165, 1.54) is 0 Å². The number of carbonyl (C=O) groups excluding carboxylic acids is 1. The minimum absolute atomic E-state index is 0.0393. The normalized spacial score (nSPS) is 14.1. The van der Waals surface area contributed by atoms with Crippen LogP contribution >= 0.6 is 0 Å². The smallest absolute Gasteiger partial charge is 0.254 e. The first kappa shape index (κ1) is 27.2. The summed E-state index contributed by atoms with van der Waals surface area (Å²) in [5, 5.41) is 9.85. The van der Waals surface area contributed by atoms with Crippen molar-refractivity contribution >= 4 is 17.0 Å². The minimum atomic E-state index is -0.315. The summed E-state index contributed by atoms with van der Waals surface area (Å²) in [5.41, 5.74) is 4.27. The number of carbonyl (C=O) groups is 1. The number of nitriles is 1. The van der Waals surface area contributed by atoms with E-state index in [2.05, 4.69) is 11.1 Å². The van der Waals surface area contributed by atoms with Crippen molar-refractivity contribution in [1.29, 1.82) is 5.26 Å². The van der Waals surface area contributed by atoms with E-state index in [1.54, 1.807) is 37.4 Å². The fraction of sp³-hybridized carbons (Fsp3) is 0.344. The molecule has 1 saturated heterocycles. The number of benzene rings is 2. The van der Waals surface area contributed by atoms with Gasteiger partial charge >= 0.3 is 0 Å². The van der Waals surface area contributed by atoms with Crippen LogP contribution in [-0.4, -0.2) is 54.8 Å². The highest BCUT2D eigenvalue weighted by molar-refractivity contribution is 5.97. The van der Waals surface area contributed by atoms with Gasteiger partial charge in [-0.3, -0.25) is 9.78 Å². The Bertz CT molecular complexity index is 1590. The van der Waals surface area contributed by atoms with Gasteiger partial charge in [0.1, 0.15) is 34.9 Å².